The van der Waals surface area contributed by atoms with Crippen LogP contribution in [0.5, 0.6) is 5.75 Å². The molecule has 0 saturated heterocycles. The van der Waals surface area contributed by atoms with Crippen LogP contribution in [0.3, 0.4) is 0 Å². The van der Waals surface area contributed by atoms with Gasteiger partial charge in [-0.3, -0.25) is 5.10 Å². The SMILES string of the molecule is COCc1cc(OC)ccc1-c1cc(C(=O)O)[nH]n1. The van der Waals surface area contributed by atoms with Gasteiger partial charge in [-0.15, -0.1) is 0 Å². The second kappa shape index (κ2) is 5.53. The Labute approximate surface area is 110 Å². The number of carbonyl (C=O) groups is 1. The molecule has 1 aromatic carbocycles. The fraction of sp³-hybridized carbons (Fsp3) is 0.231. The van der Waals surface area contributed by atoms with Crippen LogP contribution in [0.25, 0.3) is 11.3 Å². The lowest BCUT2D eigenvalue weighted by molar-refractivity contribution is 0.0690. The summed E-state index contributed by atoms with van der Waals surface area (Å²) in [6.07, 6.45) is 0. The fourth-order valence-corrected chi connectivity index (χ4v) is 1.79. The van der Waals surface area contributed by atoms with Crippen molar-refractivity contribution in [2.45, 2.75) is 6.61 Å². The van der Waals surface area contributed by atoms with Gasteiger partial charge in [-0.05, 0) is 29.8 Å². The third kappa shape index (κ3) is 2.74. The maximum Gasteiger partial charge on any atom is 0.353 e. The molecule has 0 bridgehead atoms. The van der Waals surface area contributed by atoms with Gasteiger partial charge in [-0.1, -0.05) is 0 Å². The van der Waals surface area contributed by atoms with Gasteiger partial charge in [0.05, 0.1) is 19.4 Å². The molecule has 0 unspecified atom stereocenters. The van der Waals surface area contributed by atoms with E-state index in [-0.39, 0.29) is 5.69 Å². The average molecular weight is 262 g/mol. The number of benzene rings is 1. The maximum atomic E-state index is 10.8. The van der Waals surface area contributed by atoms with Gasteiger partial charge in [0.1, 0.15) is 11.4 Å². The first-order valence-corrected chi connectivity index (χ1v) is 5.60. The number of carboxylic acids is 1. The molecular formula is C13H14N2O4. The topological polar surface area (TPSA) is 84.4 Å². The van der Waals surface area contributed by atoms with E-state index in [1.54, 1.807) is 20.3 Å². The number of H-pyrrole nitrogens is 1. The Kier molecular flexibility index (Phi) is 3.82. The predicted molar refractivity (Wildman–Crippen MR) is 68.2 cm³/mol. The fourth-order valence-electron chi connectivity index (χ4n) is 1.79. The van der Waals surface area contributed by atoms with Crippen LogP contribution in [0.15, 0.2) is 24.3 Å². The molecule has 6 heteroatoms. The average Bonchev–Trinajstić information content (AvgIpc) is 2.88. The zero-order chi connectivity index (χ0) is 13.8. The summed E-state index contributed by atoms with van der Waals surface area (Å²) in [6, 6.07) is 6.95. The van der Waals surface area contributed by atoms with Crippen molar-refractivity contribution in [3.05, 3.63) is 35.5 Å². The molecule has 2 rings (SSSR count). The van der Waals surface area contributed by atoms with Crippen LogP contribution >= 0.6 is 0 Å². The Morgan fingerprint density at radius 1 is 1.37 bits per heavy atom. The molecule has 6 nitrogen and oxygen atoms in total. The van der Waals surface area contributed by atoms with E-state index in [1.807, 2.05) is 12.1 Å². The molecule has 0 aliphatic rings. The number of ether oxygens (including phenoxy) is 2. The lowest BCUT2D eigenvalue weighted by Crippen LogP contribution is -1.95. The molecule has 1 aromatic heterocycles. The number of methoxy groups -OCH3 is 2. The highest BCUT2D eigenvalue weighted by Gasteiger charge is 2.13. The van der Waals surface area contributed by atoms with Crippen molar-refractivity contribution < 1.29 is 19.4 Å². The monoisotopic (exact) mass is 262 g/mol. The summed E-state index contributed by atoms with van der Waals surface area (Å²) in [6.45, 7) is 0.391. The summed E-state index contributed by atoms with van der Waals surface area (Å²) >= 11 is 0. The minimum atomic E-state index is -1.04. The molecule has 2 aromatic rings. The van der Waals surface area contributed by atoms with Gasteiger partial charge in [0, 0.05) is 12.7 Å². The molecule has 0 amide bonds. The van der Waals surface area contributed by atoms with Crippen LogP contribution in [-0.4, -0.2) is 35.5 Å². The minimum absolute atomic E-state index is 0.0502. The van der Waals surface area contributed by atoms with Crippen LogP contribution in [-0.2, 0) is 11.3 Å². The normalized spacial score (nSPS) is 10.4. The lowest BCUT2D eigenvalue weighted by Gasteiger charge is -2.08. The first-order valence-electron chi connectivity index (χ1n) is 5.60. The lowest BCUT2D eigenvalue weighted by atomic mass is 10.0. The van der Waals surface area contributed by atoms with E-state index >= 15 is 0 Å². The Hall–Kier alpha value is -2.34. The summed E-state index contributed by atoms with van der Waals surface area (Å²) in [5, 5.41) is 15.4. The number of aromatic amines is 1. The first kappa shape index (κ1) is 13.1. The molecule has 0 spiro atoms. The Morgan fingerprint density at radius 3 is 2.74 bits per heavy atom. The predicted octanol–water partition coefficient (Wildman–Crippen LogP) is 1.93. The summed E-state index contributed by atoms with van der Waals surface area (Å²) < 4.78 is 10.3. The molecule has 19 heavy (non-hydrogen) atoms. The molecule has 0 atom stereocenters. The van der Waals surface area contributed by atoms with Crippen LogP contribution in [0.4, 0.5) is 0 Å². The van der Waals surface area contributed by atoms with Gasteiger partial charge < -0.3 is 14.6 Å². The molecule has 0 aliphatic carbocycles. The quantitative estimate of drug-likeness (QED) is 0.860. The second-order valence-corrected chi connectivity index (χ2v) is 3.93. The molecule has 2 N–H and O–H groups in total. The number of nitrogens with zero attached hydrogens (tertiary/aromatic N) is 1. The van der Waals surface area contributed by atoms with Crippen molar-refractivity contribution in [3.63, 3.8) is 0 Å². The summed E-state index contributed by atoms with van der Waals surface area (Å²) in [4.78, 5) is 10.8. The summed E-state index contributed by atoms with van der Waals surface area (Å²) in [5.41, 5.74) is 2.30. The molecule has 0 saturated carbocycles. The van der Waals surface area contributed by atoms with Crippen molar-refractivity contribution >= 4 is 5.97 Å². The van der Waals surface area contributed by atoms with Crippen molar-refractivity contribution in [1.29, 1.82) is 0 Å². The summed E-state index contributed by atoms with van der Waals surface area (Å²) in [5.74, 6) is -0.328. The van der Waals surface area contributed by atoms with E-state index in [9.17, 15) is 4.79 Å². The van der Waals surface area contributed by atoms with Crippen molar-refractivity contribution in [2.24, 2.45) is 0 Å². The second-order valence-electron chi connectivity index (χ2n) is 3.93. The zero-order valence-electron chi connectivity index (χ0n) is 10.6. The zero-order valence-corrected chi connectivity index (χ0v) is 10.6. The summed E-state index contributed by atoms with van der Waals surface area (Å²) in [7, 11) is 3.18. The third-order valence-electron chi connectivity index (χ3n) is 2.70. The largest absolute Gasteiger partial charge is 0.497 e. The van der Waals surface area contributed by atoms with E-state index in [4.69, 9.17) is 14.6 Å². The molecular weight excluding hydrogens is 248 g/mol. The highest BCUT2D eigenvalue weighted by atomic mass is 16.5. The number of nitrogens with one attached hydrogen (secondary N) is 1. The van der Waals surface area contributed by atoms with Crippen molar-refractivity contribution in [3.8, 4) is 17.0 Å². The van der Waals surface area contributed by atoms with E-state index in [2.05, 4.69) is 10.2 Å². The van der Waals surface area contributed by atoms with Gasteiger partial charge in [0.15, 0.2) is 0 Å². The van der Waals surface area contributed by atoms with Gasteiger partial charge in [-0.25, -0.2) is 4.79 Å². The van der Waals surface area contributed by atoms with E-state index in [0.717, 1.165) is 11.1 Å². The van der Waals surface area contributed by atoms with Crippen LogP contribution in [0, 0.1) is 0 Å². The standard InChI is InChI=1S/C13H14N2O4/c1-18-7-8-5-9(19-2)3-4-10(8)11-6-12(13(16)17)15-14-11/h3-6H,7H2,1-2H3,(H,14,15)(H,16,17). The number of carboxylic acid groups (broad SMARTS) is 1. The van der Waals surface area contributed by atoms with E-state index in [0.29, 0.717) is 18.1 Å². The van der Waals surface area contributed by atoms with Gasteiger partial charge in [0.25, 0.3) is 0 Å². The molecule has 0 aliphatic heterocycles. The highest BCUT2D eigenvalue weighted by molar-refractivity contribution is 5.87. The number of hydrogen-bond donors (Lipinski definition) is 2. The molecule has 0 fully saturated rings. The number of aromatic carboxylic acids is 1. The Morgan fingerprint density at radius 2 is 2.16 bits per heavy atom. The molecule has 1 heterocycles. The van der Waals surface area contributed by atoms with E-state index < -0.39 is 5.97 Å². The Bertz CT molecular complexity index is 592. The van der Waals surface area contributed by atoms with Crippen LogP contribution in [0.1, 0.15) is 16.1 Å². The third-order valence-corrected chi connectivity index (χ3v) is 2.70. The van der Waals surface area contributed by atoms with Gasteiger partial charge in [-0.2, -0.15) is 5.10 Å². The number of hydrogen-bond acceptors (Lipinski definition) is 4. The van der Waals surface area contributed by atoms with Gasteiger partial charge in [0.2, 0.25) is 0 Å². The smallest absolute Gasteiger partial charge is 0.353 e. The van der Waals surface area contributed by atoms with Crippen molar-refractivity contribution in [2.75, 3.05) is 14.2 Å². The Balaban J connectivity index is 2.44. The van der Waals surface area contributed by atoms with Gasteiger partial charge >= 0.3 is 5.97 Å². The minimum Gasteiger partial charge on any atom is -0.497 e. The van der Waals surface area contributed by atoms with E-state index in [1.165, 1.54) is 6.07 Å². The molecule has 100 valence electrons. The van der Waals surface area contributed by atoms with Crippen LogP contribution < -0.4 is 4.74 Å². The van der Waals surface area contributed by atoms with Crippen LogP contribution in [0.2, 0.25) is 0 Å². The first-order chi connectivity index (χ1) is 9.15. The number of aromatic nitrogens is 2. The molecule has 0 radical (unpaired) electrons. The maximum absolute atomic E-state index is 10.8. The van der Waals surface area contributed by atoms with Crippen molar-refractivity contribution in [1.82, 2.24) is 10.2 Å². The highest BCUT2D eigenvalue weighted by Crippen LogP contribution is 2.27. The number of rotatable bonds is 5.